The summed E-state index contributed by atoms with van der Waals surface area (Å²) in [7, 11) is 1.29. The van der Waals surface area contributed by atoms with Gasteiger partial charge in [0.05, 0.1) is 24.4 Å². The maximum Gasteiger partial charge on any atom is 0.341 e. The van der Waals surface area contributed by atoms with Crippen LogP contribution < -0.4 is 9.96 Å². The lowest BCUT2D eigenvalue weighted by molar-refractivity contribution is -0.126. The molecule has 174 valence electrons. The molecule has 34 heavy (non-hydrogen) atoms. The van der Waals surface area contributed by atoms with Gasteiger partial charge in [-0.25, -0.2) is 14.8 Å². The monoisotopic (exact) mass is 476 g/mol. The number of aryl methyl sites for hydroxylation is 2. The summed E-state index contributed by atoms with van der Waals surface area (Å²) in [5.41, 5.74) is 3.67. The molecule has 2 aliphatic rings. The van der Waals surface area contributed by atoms with Gasteiger partial charge in [-0.1, -0.05) is 48.0 Å². The van der Waals surface area contributed by atoms with E-state index in [4.69, 9.17) is 9.57 Å². The number of para-hydroxylation sites is 1. The first-order chi connectivity index (χ1) is 16.3. The van der Waals surface area contributed by atoms with Crippen LogP contribution in [0.4, 0.5) is 10.7 Å². The van der Waals surface area contributed by atoms with E-state index in [1.165, 1.54) is 18.4 Å². The molecule has 2 amide bonds. The van der Waals surface area contributed by atoms with Gasteiger partial charge in [0.15, 0.2) is 6.10 Å². The highest BCUT2D eigenvalue weighted by Crippen LogP contribution is 2.49. The third-order valence-electron chi connectivity index (χ3n) is 6.50. The first-order valence-electron chi connectivity index (χ1n) is 11.0. The number of benzene rings is 2. The van der Waals surface area contributed by atoms with E-state index in [2.05, 4.69) is 0 Å². The van der Waals surface area contributed by atoms with Crippen molar-refractivity contribution in [2.24, 2.45) is 5.92 Å². The summed E-state index contributed by atoms with van der Waals surface area (Å²) >= 11 is 1.24. The van der Waals surface area contributed by atoms with Gasteiger partial charge in [0.1, 0.15) is 10.9 Å². The third kappa shape index (κ3) is 3.33. The van der Waals surface area contributed by atoms with Gasteiger partial charge in [0, 0.05) is 4.88 Å². The van der Waals surface area contributed by atoms with Crippen LogP contribution in [-0.4, -0.2) is 31.0 Å². The van der Waals surface area contributed by atoms with Gasteiger partial charge in [-0.3, -0.25) is 14.4 Å². The molecule has 3 atom stereocenters. The van der Waals surface area contributed by atoms with Crippen molar-refractivity contribution in [1.82, 2.24) is 0 Å². The lowest BCUT2D eigenvalue weighted by Gasteiger charge is -2.28. The van der Waals surface area contributed by atoms with Crippen LogP contribution in [0.5, 0.6) is 0 Å². The fourth-order valence-electron chi connectivity index (χ4n) is 4.62. The highest BCUT2D eigenvalue weighted by molar-refractivity contribution is 7.17. The van der Waals surface area contributed by atoms with Crippen molar-refractivity contribution in [3.8, 4) is 0 Å². The van der Waals surface area contributed by atoms with Crippen molar-refractivity contribution in [3.05, 3.63) is 81.7 Å². The summed E-state index contributed by atoms with van der Waals surface area (Å²) in [6.07, 6.45) is -0.993. The Bertz CT molecular complexity index is 1280. The van der Waals surface area contributed by atoms with Crippen LogP contribution in [0.1, 0.15) is 38.0 Å². The molecule has 2 aromatic carbocycles. The second kappa shape index (κ2) is 8.38. The quantitative estimate of drug-likeness (QED) is 0.407. The van der Waals surface area contributed by atoms with E-state index in [1.807, 2.05) is 68.4 Å². The van der Waals surface area contributed by atoms with E-state index in [0.29, 0.717) is 10.6 Å². The summed E-state index contributed by atoms with van der Waals surface area (Å²) in [6, 6.07) is 16.8. The molecular formula is C26H24N2O5S. The minimum absolute atomic E-state index is 0.249. The topological polar surface area (TPSA) is 76.2 Å². The van der Waals surface area contributed by atoms with Gasteiger partial charge in [0.2, 0.25) is 5.91 Å². The smallest absolute Gasteiger partial charge is 0.341 e. The van der Waals surface area contributed by atoms with E-state index in [0.717, 1.165) is 26.6 Å². The Labute approximate surface area is 201 Å². The largest absolute Gasteiger partial charge is 0.465 e. The number of imide groups is 1. The van der Waals surface area contributed by atoms with Crippen molar-refractivity contribution in [2.45, 2.75) is 32.9 Å². The fraction of sp³-hybridized carbons (Fsp3) is 0.269. The van der Waals surface area contributed by atoms with Crippen molar-refractivity contribution in [3.63, 3.8) is 0 Å². The number of rotatable bonds is 4. The number of amides is 2. The molecule has 7 nitrogen and oxygen atoms in total. The number of methoxy groups -OCH3 is 1. The molecule has 0 unspecified atom stereocenters. The fourth-order valence-corrected chi connectivity index (χ4v) is 5.78. The Morgan fingerprint density at radius 3 is 2.29 bits per heavy atom. The molecule has 0 bridgehead atoms. The number of hydroxylamine groups is 1. The average molecular weight is 477 g/mol. The lowest BCUT2D eigenvalue weighted by Crippen LogP contribution is -2.37. The molecule has 3 heterocycles. The van der Waals surface area contributed by atoms with E-state index in [-0.39, 0.29) is 11.5 Å². The summed E-state index contributed by atoms with van der Waals surface area (Å²) in [5, 5.41) is 1.96. The molecule has 1 aromatic heterocycles. The molecule has 2 aliphatic heterocycles. The Balaban J connectivity index is 1.61. The number of ether oxygens (including phenoxy) is 1. The Morgan fingerprint density at radius 1 is 0.971 bits per heavy atom. The molecule has 2 fully saturated rings. The molecule has 8 heteroatoms. The van der Waals surface area contributed by atoms with Crippen molar-refractivity contribution < 1.29 is 24.0 Å². The number of hydrogen-bond acceptors (Lipinski definition) is 7. The number of carbonyl (C=O) groups is 3. The number of fused-ring (bicyclic) bond motifs is 1. The van der Waals surface area contributed by atoms with Gasteiger partial charge < -0.3 is 4.74 Å². The standard InChI is InChI=1S/C26H24N2O5S/c1-14-10-12-17(13-11-14)21-20-22(33-28(21)18-8-6-5-7-9-18)24(30)27(23(20)29)25-19(26(31)32-4)15(2)16(3)34-25/h5-13,20-22H,1-4H3/t20-,21-,22+/m0/s1. The summed E-state index contributed by atoms with van der Waals surface area (Å²) < 4.78 is 4.95. The number of hydrogen-bond donors (Lipinski definition) is 0. The SMILES string of the molecule is COC(=O)c1c(N2C(=O)[C@@H]3[C@@H](ON(c4ccccc4)[C@H]3c3ccc(C)cc3)C2=O)sc(C)c1C. The summed E-state index contributed by atoms with van der Waals surface area (Å²) in [4.78, 5) is 48.1. The molecule has 0 saturated carbocycles. The molecule has 5 rings (SSSR count). The predicted molar refractivity (Wildman–Crippen MR) is 129 cm³/mol. The zero-order chi connectivity index (χ0) is 24.1. The molecule has 3 aromatic rings. The van der Waals surface area contributed by atoms with Crippen LogP contribution in [0, 0.1) is 26.7 Å². The minimum Gasteiger partial charge on any atom is -0.465 e. The number of carbonyl (C=O) groups excluding carboxylic acids is 3. The van der Waals surface area contributed by atoms with E-state index in [9.17, 15) is 14.4 Å². The van der Waals surface area contributed by atoms with Crippen LogP contribution in [0.15, 0.2) is 54.6 Å². The normalized spacial score (nSPS) is 21.8. The molecule has 2 saturated heterocycles. The summed E-state index contributed by atoms with van der Waals surface area (Å²) in [5.74, 6) is -2.19. The molecule has 0 spiro atoms. The average Bonchev–Trinajstić information content (AvgIpc) is 3.45. The number of nitrogens with zero attached hydrogens (tertiary/aromatic N) is 2. The zero-order valence-electron chi connectivity index (χ0n) is 19.3. The summed E-state index contributed by atoms with van der Waals surface area (Å²) in [6.45, 7) is 5.63. The van der Waals surface area contributed by atoms with Crippen molar-refractivity contribution in [2.75, 3.05) is 17.1 Å². The maximum atomic E-state index is 13.9. The van der Waals surface area contributed by atoms with E-state index >= 15 is 0 Å². The van der Waals surface area contributed by atoms with Gasteiger partial charge in [-0.15, -0.1) is 11.3 Å². The van der Waals surface area contributed by atoms with Gasteiger partial charge in [-0.2, -0.15) is 0 Å². The van der Waals surface area contributed by atoms with Gasteiger partial charge >= 0.3 is 5.97 Å². The third-order valence-corrected chi connectivity index (χ3v) is 7.70. The molecule has 0 radical (unpaired) electrons. The first-order valence-corrected chi connectivity index (χ1v) is 11.8. The van der Waals surface area contributed by atoms with E-state index < -0.39 is 29.9 Å². The highest BCUT2D eigenvalue weighted by atomic mass is 32.1. The molecule has 0 N–H and O–H groups in total. The van der Waals surface area contributed by atoms with Gasteiger partial charge in [0.25, 0.3) is 5.91 Å². The number of anilines is 2. The lowest BCUT2D eigenvalue weighted by atomic mass is 9.90. The second-order valence-electron chi connectivity index (χ2n) is 8.54. The van der Waals surface area contributed by atoms with E-state index in [1.54, 1.807) is 12.0 Å². The predicted octanol–water partition coefficient (Wildman–Crippen LogP) is 4.51. The molecular weight excluding hydrogens is 452 g/mol. The maximum absolute atomic E-state index is 13.9. The van der Waals surface area contributed by atoms with Crippen molar-refractivity contribution >= 4 is 39.8 Å². The van der Waals surface area contributed by atoms with Crippen LogP contribution in [0.2, 0.25) is 0 Å². The second-order valence-corrected chi connectivity index (χ2v) is 9.74. The van der Waals surface area contributed by atoms with Crippen LogP contribution in [0.3, 0.4) is 0 Å². The first kappa shape index (κ1) is 22.3. The Kier molecular flexibility index (Phi) is 5.50. The van der Waals surface area contributed by atoms with Crippen LogP contribution in [-0.2, 0) is 19.2 Å². The van der Waals surface area contributed by atoms with Crippen LogP contribution in [0.25, 0.3) is 0 Å². The number of thiophene rings is 1. The van der Waals surface area contributed by atoms with Crippen molar-refractivity contribution in [1.29, 1.82) is 0 Å². The van der Waals surface area contributed by atoms with Crippen LogP contribution >= 0.6 is 11.3 Å². The Morgan fingerprint density at radius 2 is 1.65 bits per heavy atom. The molecule has 0 aliphatic carbocycles. The zero-order valence-corrected chi connectivity index (χ0v) is 20.1. The minimum atomic E-state index is -0.993. The number of esters is 1. The highest BCUT2D eigenvalue weighted by Gasteiger charge is 2.61. The van der Waals surface area contributed by atoms with Gasteiger partial charge in [-0.05, 0) is 44.0 Å². The Hall–Kier alpha value is -3.49.